The second-order valence-electron chi connectivity index (χ2n) is 6.98. The van der Waals surface area contributed by atoms with E-state index in [4.69, 9.17) is 5.73 Å². The summed E-state index contributed by atoms with van der Waals surface area (Å²) in [5, 5.41) is 0. The predicted octanol–water partition coefficient (Wildman–Crippen LogP) is 1.63. The lowest BCUT2D eigenvalue weighted by atomic mass is 9.79. The summed E-state index contributed by atoms with van der Waals surface area (Å²) in [5.41, 5.74) is 6.28. The standard InChI is InChI=1S/C15H31N3/c1-12-4-5-15(16)14(8-12)11-18(3)10-13-6-7-17(2)9-13/h12-15H,4-11,16H2,1-3H3. The van der Waals surface area contributed by atoms with Crippen LogP contribution in [0.1, 0.15) is 32.6 Å². The van der Waals surface area contributed by atoms with Crippen LogP contribution in [0, 0.1) is 17.8 Å². The van der Waals surface area contributed by atoms with Gasteiger partial charge in [0.15, 0.2) is 0 Å². The van der Waals surface area contributed by atoms with Crippen LogP contribution >= 0.6 is 0 Å². The predicted molar refractivity (Wildman–Crippen MR) is 77.6 cm³/mol. The molecule has 106 valence electrons. The van der Waals surface area contributed by atoms with Crippen molar-refractivity contribution in [3.05, 3.63) is 0 Å². The Morgan fingerprint density at radius 2 is 2.00 bits per heavy atom. The number of likely N-dealkylation sites (tertiary alicyclic amines) is 1. The fraction of sp³-hybridized carbons (Fsp3) is 1.00. The molecule has 1 saturated carbocycles. The summed E-state index contributed by atoms with van der Waals surface area (Å²) < 4.78 is 0. The second-order valence-corrected chi connectivity index (χ2v) is 6.98. The van der Waals surface area contributed by atoms with E-state index < -0.39 is 0 Å². The van der Waals surface area contributed by atoms with Gasteiger partial charge in [0, 0.05) is 25.7 Å². The van der Waals surface area contributed by atoms with E-state index in [-0.39, 0.29) is 0 Å². The largest absolute Gasteiger partial charge is 0.327 e. The molecule has 0 aromatic heterocycles. The molecule has 3 heteroatoms. The maximum atomic E-state index is 6.28. The molecule has 4 unspecified atom stereocenters. The molecule has 1 aliphatic heterocycles. The third-order valence-corrected chi connectivity index (χ3v) is 4.91. The highest BCUT2D eigenvalue weighted by Crippen LogP contribution is 2.28. The van der Waals surface area contributed by atoms with Gasteiger partial charge in [-0.2, -0.15) is 0 Å². The molecular weight excluding hydrogens is 222 g/mol. The Balaban J connectivity index is 1.74. The molecule has 0 amide bonds. The van der Waals surface area contributed by atoms with Gasteiger partial charge in [-0.25, -0.2) is 0 Å². The first-order chi connectivity index (χ1) is 8.54. The molecule has 1 aliphatic carbocycles. The number of rotatable bonds is 4. The van der Waals surface area contributed by atoms with E-state index in [1.807, 2.05) is 0 Å². The molecule has 0 aromatic carbocycles. The molecular formula is C15H31N3. The van der Waals surface area contributed by atoms with Crippen molar-refractivity contribution in [1.29, 1.82) is 0 Å². The van der Waals surface area contributed by atoms with Crippen LogP contribution in [0.2, 0.25) is 0 Å². The molecule has 2 fully saturated rings. The van der Waals surface area contributed by atoms with Crippen molar-refractivity contribution >= 4 is 0 Å². The van der Waals surface area contributed by atoms with Crippen molar-refractivity contribution in [2.45, 2.75) is 38.6 Å². The highest BCUT2D eigenvalue weighted by atomic mass is 15.1. The SMILES string of the molecule is CC1CCC(N)C(CN(C)CC2CCN(C)C2)C1. The van der Waals surface area contributed by atoms with Gasteiger partial charge < -0.3 is 15.5 Å². The number of hydrogen-bond donors (Lipinski definition) is 1. The van der Waals surface area contributed by atoms with Crippen LogP contribution in [0.15, 0.2) is 0 Å². The highest BCUT2D eigenvalue weighted by molar-refractivity contribution is 4.84. The van der Waals surface area contributed by atoms with E-state index >= 15 is 0 Å². The lowest BCUT2D eigenvalue weighted by Crippen LogP contribution is -2.43. The minimum Gasteiger partial charge on any atom is -0.327 e. The fourth-order valence-electron chi connectivity index (χ4n) is 3.82. The van der Waals surface area contributed by atoms with Crippen molar-refractivity contribution in [3.8, 4) is 0 Å². The van der Waals surface area contributed by atoms with Crippen molar-refractivity contribution < 1.29 is 0 Å². The topological polar surface area (TPSA) is 32.5 Å². The van der Waals surface area contributed by atoms with Gasteiger partial charge in [-0.15, -0.1) is 0 Å². The fourth-order valence-corrected chi connectivity index (χ4v) is 3.82. The first-order valence-corrected chi connectivity index (χ1v) is 7.67. The molecule has 1 heterocycles. The first kappa shape index (κ1) is 14.3. The normalized spacial score (nSPS) is 38.5. The van der Waals surface area contributed by atoms with Crippen molar-refractivity contribution in [2.75, 3.05) is 40.3 Å². The molecule has 2 rings (SSSR count). The van der Waals surface area contributed by atoms with Crippen molar-refractivity contribution in [2.24, 2.45) is 23.5 Å². The summed E-state index contributed by atoms with van der Waals surface area (Å²) in [6.07, 6.45) is 5.25. The summed E-state index contributed by atoms with van der Waals surface area (Å²) in [6.45, 7) is 7.38. The molecule has 2 N–H and O–H groups in total. The van der Waals surface area contributed by atoms with Gasteiger partial charge in [-0.1, -0.05) is 6.92 Å². The number of nitrogens with two attached hydrogens (primary N) is 1. The number of hydrogen-bond acceptors (Lipinski definition) is 3. The number of nitrogens with zero attached hydrogens (tertiary/aromatic N) is 2. The third-order valence-electron chi connectivity index (χ3n) is 4.91. The van der Waals surface area contributed by atoms with Gasteiger partial charge in [0.2, 0.25) is 0 Å². The van der Waals surface area contributed by atoms with Gasteiger partial charge in [0.1, 0.15) is 0 Å². The molecule has 0 bridgehead atoms. The Hall–Kier alpha value is -0.120. The summed E-state index contributed by atoms with van der Waals surface area (Å²) in [6, 6.07) is 0.440. The summed E-state index contributed by atoms with van der Waals surface area (Å²) in [4.78, 5) is 4.99. The molecule has 4 atom stereocenters. The third kappa shape index (κ3) is 3.94. The van der Waals surface area contributed by atoms with Gasteiger partial charge in [-0.3, -0.25) is 0 Å². The average Bonchev–Trinajstić information content (AvgIpc) is 2.69. The Bertz CT molecular complexity index is 256. The molecule has 0 radical (unpaired) electrons. The summed E-state index contributed by atoms with van der Waals surface area (Å²) in [7, 11) is 4.52. The Labute approximate surface area is 113 Å². The van der Waals surface area contributed by atoms with Crippen LogP contribution in [0.25, 0.3) is 0 Å². The molecule has 1 saturated heterocycles. The minimum atomic E-state index is 0.440. The zero-order chi connectivity index (χ0) is 13.1. The Morgan fingerprint density at radius 1 is 1.22 bits per heavy atom. The maximum Gasteiger partial charge on any atom is 0.00795 e. The quantitative estimate of drug-likeness (QED) is 0.826. The molecule has 0 spiro atoms. The zero-order valence-corrected chi connectivity index (χ0v) is 12.4. The first-order valence-electron chi connectivity index (χ1n) is 7.67. The van der Waals surface area contributed by atoms with E-state index in [1.54, 1.807) is 0 Å². The van der Waals surface area contributed by atoms with Crippen LogP contribution < -0.4 is 5.73 Å². The van der Waals surface area contributed by atoms with Gasteiger partial charge in [-0.05, 0) is 64.1 Å². The van der Waals surface area contributed by atoms with E-state index in [0.29, 0.717) is 6.04 Å². The Morgan fingerprint density at radius 3 is 2.67 bits per heavy atom. The van der Waals surface area contributed by atoms with Gasteiger partial charge in [0.05, 0.1) is 0 Å². The average molecular weight is 253 g/mol. The van der Waals surface area contributed by atoms with Gasteiger partial charge in [0.25, 0.3) is 0 Å². The lowest BCUT2D eigenvalue weighted by Gasteiger charge is -2.35. The van der Waals surface area contributed by atoms with Crippen molar-refractivity contribution in [3.63, 3.8) is 0 Å². The van der Waals surface area contributed by atoms with E-state index in [2.05, 4.69) is 30.8 Å². The van der Waals surface area contributed by atoms with Gasteiger partial charge >= 0.3 is 0 Å². The van der Waals surface area contributed by atoms with E-state index in [9.17, 15) is 0 Å². The molecule has 18 heavy (non-hydrogen) atoms. The van der Waals surface area contributed by atoms with Crippen LogP contribution in [0.3, 0.4) is 0 Å². The second kappa shape index (κ2) is 6.36. The minimum absolute atomic E-state index is 0.440. The van der Waals surface area contributed by atoms with Crippen LogP contribution in [-0.4, -0.2) is 56.1 Å². The molecule has 0 aromatic rings. The summed E-state index contributed by atoms with van der Waals surface area (Å²) >= 11 is 0. The van der Waals surface area contributed by atoms with Crippen molar-refractivity contribution in [1.82, 2.24) is 9.80 Å². The lowest BCUT2D eigenvalue weighted by molar-refractivity contribution is 0.168. The smallest absolute Gasteiger partial charge is 0.00795 e. The molecule has 2 aliphatic rings. The molecule has 3 nitrogen and oxygen atoms in total. The van der Waals surface area contributed by atoms with Crippen LogP contribution in [-0.2, 0) is 0 Å². The Kier molecular flexibility index (Phi) is 5.05. The van der Waals surface area contributed by atoms with E-state index in [0.717, 1.165) is 17.8 Å². The maximum absolute atomic E-state index is 6.28. The van der Waals surface area contributed by atoms with E-state index in [1.165, 1.54) is 51.9 Å². The van der Waals surface area contributed by atoms with Crippen LogP contribution in [0.4, 0.5) is 0 Å². The van der Waals surface area contributed by atoms with Crippen LogP contribution in [0.5, 0.6) is 0 Å². The zero-order valence-electron chi connectivity index (χ0n) is 12.4. The highest BCUT2D eigenvalue weighted by Gasteiger charge is 2.28. The summed E-state index contributed by atoms with van der Waals surface area (Å²) in [5.74, 6) is 2.47. The monoisotopic (exact) mass is 253 g/mol.